The van der Waals surface area contributed by atoms with Gasteiger partial charge in [0.1, 0.15) is 0 Å². The molecule has 0 aliphatic carbocycles. The van der Waals surface area contributed by atoms with Crippen molar-refractivity contribution in [2.45, 2.75) is 31.6 Å². The smallest absolute Gasteiger partial charge is 0.243 e. The van der Waals surface area contributed by atoms with Gasteiger partial charge in [-0.25, -0.2) is 8.42 Å². The third-order valence-corrected chi connectivity index (χ3v) is 6.12. The molecule has 1 aliphatic heterocycles. The summed E-state index contributed by atoms with van der Waals surface area (Å²) in [5.74, 6) is 0.535. The number of benzene rings is 1. The highest BCUT2D eigenvalue weighted by Crippen LogP contribution is 2.18. The number of hydrogen-bond donors (Lipinski definition) is 0. The van der Waals surface area contributed by atoms with E-state index in [0.29, 0.717) is 5.92 Å². The SMILES string of the molecule is CCN(CC(=O)N1CCC(C)CC1)S(=O)(=O)c1ccccc1. The number of carbonyl (C=O) groups is 1. The second kappa shape index (κ2) is 7.24. The molecule has 1 heterocycles. The maximum absolute atomic E-state index is 12.6. The Morgan fingerprint density at radius 3 is 2.36 bits per heavy atom. The van der Waals surface area contributed by atoms with Crippen molar-refractivity contribution in [3.05, 3.63) is 30.3 Å². The van der Waals surface area contributed by atoms with Crippen LogP contribution in [0, 0.1) is 5.92 Å². The molecule has 1 aromatic carbocycles. The largest absolute Gasteiger partial charge is 0.342 e. The van der Waals surface area contributed by atoms with Gasteiger partial charge in [0.2, 0.25) is 15.9 Å². The number of rotatable bonds is 5. The number of sulfonamides is 1. The lowest BCUT2D eigenvalue weighted by atomic mass is 9.99. The average molecular weight is 324 g/mol. The summed E-state index contributed by atoms with van der Waals surface area (Å²) in [5, 5.41) is 0. The Bertz CT molecular complexity index is 593. The number of likely N-dealkylation sites (tertiary alicyclic amines) is 1. The molecule has 5 nitrogen and oxygen atoms in total. The fraction of sp³-hybridized carbons (Fsp3) is 0.562. The van der Waals surface area contributed by atoms with E-state index in [4.69, 9.17) is 0 Å². The van der Waals surface area contributed by atoms with Gasteiger partial charge in [0, 0.05) is 19.6 Å². The summed E-state index contributed by atoms with van der Waals surface area (Å²) in [4.78, 5) is 14.4. The van der Waals surface area contributed by atoms with Crippen LogP contribution < -0.4 is 0 Å². The van der Waals surface area contributed by atoms with Crippen molar-refractivity contribution in [2.75, 3.05) is 26.2 Å². The summed E-state index contributed by atoms with van der Waals surface area (Å²) in [6, 6.07) is 8.27. The highest BCUT2D eigenvalue weighted by atomic mass is 32.2. The predicted octanol–water partition coefficient (Wildman–Crippen LogP) is 1.96. The highest BCUT2D eigenvalue weighted by Gasteiger charge is 2.28. The lowest BCUT2D eigenvalue weighted by molar-refractivity contribution is -0.132. The van der Waals surface area contributed by atoms with Crippen molar-refractivity contribution in [2.24, 2.45) is 5.92 Å². The van der Waals surface area contributed by atoms with Crippen LogP contribution in [0.25, 0.3) is 0 Å². The van der Waals surface area contributed by atoms with Gasteiger partial charge in [-0.05, 0) is 30.9 Å². The molecule has 1 fully saturated rings. The van der Waals surface area contributed by atoms with E-state index in [-0.39, 0.29) is 23.9 Å². The van der Waals surface area contributed by atoms with Gasteiger partial charge in [0.05, 0.1) is 11.4 Å². The number of hydrogen-bond acceptors (Lipinski definition) is 3. The lowest BCUT2D eigenvalue weighted by Crippen LogP contribution is -2.45. The summed E-state index contributed by atoms with van der Waals surface area (Å²) >= 11 is 0. The molecule has 0 atom stereocenters. The van der Waals surface area contributed by atoms with E-state index in [2.05, 4.69) is 6.92 Å². The van der Waals surface area contributed by atoms with E-state index in [9.17, 15) is 13.2 Å². The van der Waals surface area contributed by atoms with Crippen molar-refractivity contribution >= 4 is 15.9 Å². The zero-order valence-corrected chi connectivity index (χ0v) is 14.1. The van der Waals surface area contributed by atoms with Crippen LogP contribution in [0.15, 0.2) is 35.2 Å². The normalized spacial score (nSPS) is 17.0. The minimum absolute atomic E-state index is 0.0812. The predicted molar refractivity (Wildman–Crippen MR) is 85.9 cm³/mol. The Labute approximate surface area is 133 Å². The van der Waals surface area contributed by atoms with Crippen LogP contribution >= 0.6 is 0 Å². The molecule has 0 radical (unpaired) electrons. The number of piperidine rings is 1. The Kier molecular flexibility index (Phi) is 5.58. The molecular formula is C16H24N2O3S. The zero-order chi connectivity index (χ0) is 16.2. The summed E-state index contributed by atoms with van der Waals surface area (Å²) in [6.45, 7) is 5.59. The van der Waals surface area contributed by atoms with Crippen molar-refractivity contribution in [3.8, 4) is 0 Å². The molecule has 0 N–H and O–H groups in total. The van der Waals surface area contributed by atoms with E-state index in [1.165, 1.54) is 4.31 Å². The summed E-state index contributed by atoms with van der Waals surface area (Å²) in [6.07, 6.45) is 1.98. The first-order valence-corrected chi connectivity index (χ1v) is 9.22. The van der Waals surface area contributed by atoms with Crippen molar-refractivity contribution in [3.63, 3.8) is 0 Å². The Morgan fingerprint density at radius 1 is 1.23 bits per heavy atom. The van der Waals surface area contributed by atoms with Crippen molar-refractivity contribution in [1.82, 2.24) is 9.21 Å². The van der Waals surface area contributed by atoms with Gasteiger partial charge in [-0.1, -0.05) is 32.0 Å². The monoisotopic (exact) mass is 324 g/mol. The molecule has 0 saturated carbocycles. The second-order valence-corrected chi connectivity index (χ2v) is 7.75. The van der Waals surface area contributed by atoms with Gasteiger partial charge in [-0.2, -0.15) is 4.31 Å². The molecule has 1 saturated heterocycles. The van der Waals surface area contributed by atoms with Crippen molar-refractivity contribution in [1.29, 1.82) is 0 Å². The van der Waals surface area contributed by atoms with Crippen LogP contribution in [0.4, 0.5) is 0 Å². The highest BCUT2D eigenvalue weighted by molar-refractivity contribution is 7.89. The van der Waals surface area contributed by atoms with Gasteiger partial charge >= 0.3 is 0 Å². The molecule has 0 spiro atoms. The van der Waals surface area contributed by atoms with Gasteiger partial charge in [-0.15, -0.1) is 0 Å². The topological polar surface area (TPSA) is 57.7 Å². The van der Waals surface area contributed by atoms with E-state index in [0.717, 1.165) is 25.9 Å². The van der Waals surface area contributed by atoms with Gasteiger partial charge < -0.3 is 4.90 Å². The van der Waals surface area contributed by atoms with E-state index >= 15 is 0 Å². The molecule has 0 bridgehead atoms. The average Bonchev–Trinajstić information content (AvgIpc) is 2.53. The Balaban J connectivity index is 2.07. The van der Waals surface area contributed by atoms with Gasteiger partial charge in [0.15, 0.2) is 0 Å². The van der Waals surface area contributed by atoms with E-state index in [1.54, 1.807) is 42.2 Å². The lowest BCUT2D eigenvalue weighted by Gasteiger charge is -2.32. The van der Waals surface area contributed by atoms with Crippen LogP contribution in [-0.4, -0.2) is 49.7 Å². The summed E-state index contributed by atoms with van der Waals surface area (Å²) in [7, 11) is -3.61. The Morgan fingerprint density at radius 2 is 1.82 bits per heavy atom. The van der Waals surface area contributed by atoms with Gasteiger partial charge in [0.25, 0.3) is 0 Å². The first-order chi connectivity index (χ1) is 10.4. The molecule has 0 aromatic heterocycles. The van der Waals surface area contributed by atoms with Crippen LogP contribution in [-0.2, 0) is 14.8 Å². The first kappa shape index (κ1) is 17.0. The number of amides is 1. The molecule has 6 heteroatoms. The number of nitrogens with zero attached hydrogens (tertiary/aromatic N) is 2. The Hall–Kier alpha value is -1.40. The first-order valence-electron chi connectivity index (χ1n) is 7.78. The molecule has 2 rings (SSSR count). The fourth-order valence-corrected chi connectivity index (χ4v) is 4.04. The quantitative estimate of drug-likeness (QED) is 0.832. The minimum atomic E-state index is -3.61. The zero-order valence-electron chi connectivity index (χ0n) is 13.2. The third kappa shape index (κ3) is 3.87. The summed E-state index contributed by atoms with van der Waals surface area (Å²) < 4.78 is 26.4. The minimum Gasteiger partial charge on any atom is -0.342 e. The molecule has 1 aliphatic rings. The maximum atomic E-state index is 12.6. The van der Waals surface area contributed by atoms with Crippen LogP contribution in [0.2, 0.25) is 0 Å². The second-order valence-electron chi connectivity index (χ2n) is 5.81. The van der Waals surface area contributed by atoms with Crippen LogP contribution in [0.1, 0.15) is 26.7 Å². The molecule has 22 heavy (non-hydrogen) atoms. The van der Waals surface area contributed by atoms with Crippen LogP contribution in [0.3, 0.4) is 0 Å². The fourth-order valence-electron chi connectivity index (χ4n) is 2.62. The summed E-state index contributed by atoms with van der Waals surface area (Å²) in [5.41, 5.74) is 0. The number of carbonyl (C=O) groups excluding carboxylic acids is 1. The molecular weight excluding hydrogens is 300 g/mol. The van der Waals surface area contributed by atoms with E-state index < -0.39 is 10.0 Å². The standard InChI is InChI=1S/C16H24N2O3S/c1-3-18(22(20,21)15-7-5-4-6-8-15)13-16(19)17-11-9-14(2)10-12-17/h4-8,14H,3,9-13H2,1-2H3. The van der Waals surface area contributed by atoms with E-state index in [1.807, 2.05) is 0 Å². The van der Waals surface area contributed by atoms with Crippen LogP contribution in [0.5, 0.6) is 0 Å². The third-order valence-electron chi connectivity index (χ3n) is 4.18. The number of likely N-dealkylation sites (N-methyl/N-ethyl adjacent to an activating group) is 1. The van der Waals surface area contributed by atoms with Crippen molar-refractivity contribution < 1.29 is 13.2 Å². The molecule has 1 aromatic rings. The molecule has 1 amide bonds. The molecule has 122 valence electrons. The van der Waals surface area contributed by atoms with Gasteiger partial charge in [-0.3, -0.25) is 4.79 Å². The molecule has 0 unspecified atom stereocenters. The maximum Gasteiger partial charge on any atom is 0.243 e.